The monoisotopic (exact) mass is 293 g/mol. The average Bonchev–Trinajstić information content (AvgIpc) is 2.14. The fraction of sp³-hybridized carbons (Fsp3) is 0.400. The highest BCUT2D eigenvalue weighted by atomic mass is 32.2. The molecule has 6 nitrogen and oxygen atoms in total. The third kappa shape index (κ3) is 3.40. The summed E-state index contributed by atoms with van der Waals surface area (Å²) in [5, 5.41) is -1.85. The standard InChI is InChI=1S/C10H16NO5PS/c1-8-4-6-9(7-5-8)18(15,16)11-10(2,3)17(12,13)14/h4-7,11H,1-3H3,(H2,12,13,14). The van der Waals surface area contributed by atoms with Gasteiger partial charge in [-0.05, 0) is 32.9 Å². The van der Waals surface area contributed by atoms with Crippen molar-refractivity contribution in [1.82, 2.24) is 4.72 Å². The van der Waals surface area contributed by atoms with Crippen molar-refractivity contribution in [2.45, 2.75) is 30.9 Å². The maximum atomic E-state index is 12.0. The van der Waals surface area contributed by atoms with Gasteiger partial charge in [-0.25, -0.2) is 8.42 Å². The molecule has 1 aromatic rings. The summed E-state index contributed by atoms with van der Waals surface area (Å²) in [7, 11) is -8.55. The Morgan fingerprint density at radius 3 is 2.00 bits per heavy atom. The lowest BCUT2D eigenvalue weighted by Gasteiger charge is -2.26. The maximum absolute atomic E-state index is 12.0. The Hall–Kier alpha value is -0.720. The second kappa shape index (κ2) is 4.75. The van der Waals surface area contributed by atoms with Crippen molar-refractivity contribution in [2.24, 2.45) is 0 Å². The van der Waals surface area contributed by atoms with Crippen LogP contribution in [0.3, 0.4) is 0 Å². The SMILES string of the molecule is Cc1ccc(S(=O)(=O)NC(C)(C)P(=O)(O)O)cc1. The molecular weight excluding hydrogens is 277 g/mol. The zero-order chi connectivity index (χ0) is 14.2. The van der Waals surface area contributed by atoms with E-state index < -0.39 is 22.9 Å². The summed E-state index contributed by atoms with van der Waals surface area (Å²) < 4.78 is 37.1. The summed E-state index contributed by atoms with van der Waals surface area (Å²) >= 11 is 0. The van der Waals surface area contributed by atoms with Crippen LogP contribution in [-0.4, -0.2) is 23.5 Å². The third-order valence-electron chi connectivity index (χ3n) is 2.44. The second-order valence-corrected chi connectivity index (χ2v) is 8.41. The van der Waals surface area contributed by atoms with Crippen molar-refractivity contribution in [2.75, 3.05) is 0 Å². The molecule has 0 heterocycles. The van der Waals surface area contributed by atoms with Crippen molar-refractivity contribution >= 4 is 17.6 Å². The lowest BCUT2D eigenvalue weighted by atomic mass is 10.2. The van der Waals surface area contributed by atoms with Gasteiger partial charge in [-0.1, -0.05) is 17.7 Å². The minimum absolute atomic E-state index is 0.0328. The first-order valence-corrected chi connectivity index (χ1v) is 8.21. The molecule has 1 aromatic carbocycles. The molecular formula is C10H16NO5PS. The highest BCUT2D eigenvalue weighted by Gasteiger charge is 2.41. The Kier molecular flexibility index (Phi) is 4.05. The predicted molar refractivity (Wildman–Crippen MR) is 67.6 cm³/mol. The number of nitrogens with one attached hydrogen (secondary N) is 1. The summed E-state index contributed by atoms with van der Waals surface area (Å²) in [5.41, 5.74) is 0.892. The van der Waals surface area contributed by atoms with Crippen LogP contribution in [0.2, 0.25) is 0 Å². The van der Waals surface area contributed by atoms with Crippen LogP contribution in [0, 0.1) is 6.92 Å². The fourth-order valence-corrected chi connectivity index (χ4v) is 3.27. The Bertz CT molecular complexity index is 573. The number of sulfonamides is 1. The van der Waals surface area contributed by atoms with E-state index in [9.17, 15) is 13.0 Å². The van der Waals surface area contributed by atoms with Crippen LogP contribution < -0.4 is 4.72 Å². The quantitative estimate of drug-likeness (QED) is 0.723. The Morgan fingerprint density at radius 1 is 1.17 bits per heavy atom. The van der Waals surface area contributed by atoms with Crippen LogP contribution in [0.1, 0.15) is 19.4 Å². The zero-order valence-electron chi connectivity index (χ0n) is 10.3. The Labute approximate surface area is 106 Å². The summed E-state index contributed by atoms with van der Waals surface area (Å²) in [4.78, 5) is 18.1. The molecule has 0 aliphatic carbocycles. The van der Waals surface area contributed by atoms with Crippen LogP contribution in [0.15, 0.2) is 29.2 Å². The van der Waals surface area contributed by atoms with Gasteiger partial charge in [0.05, 0.1) is 4.90 Å². The molecule has 18 heavy (non-hydrogen) atoms. The van der Waals surface area contributed by atoms with Gasteiger partial charge < -0.3 is 9.79 Å². The number of aryl methyl sites for hydroxylation is 1. The molecule has 0 atom stereocenters. The van der Waals surface area contributed by atoms with E-state index in [0.717, 1.165) is 19.4 Å². The number of hydrogen-bond acceptors (Lipinski definition) is 3. The van der Waals surface area contributed by atoms with Gasteiger partial charge in [0, 0.05) is 0 Å². The molecule has 0 aliphatic heterocycles. The van der Waals surface area contributed by atoms with Crippen molar-refractivity contribution in [3.63, 3.8) is 0 Å². The second-order valence-electron chi connectivity index (χ2n) is 4.52. The molecule has 8 heteroatoms. The molecule has 0 bridgehead atoms. The smallest absolute Gasteiger partial charge is 0.323 e. The van der Waals surface area contributed by atoms with Crippen molar-refractivity contribution < 1.29 is 22.8 Å². The molecule has 0 radical (unpaired) electrons. The van der Waals surface area contributed by atoms with Crippen LogP contribution in [0.5, 0.6) is 0 Å². The first-order valence-electron chi connectivity index (χ1n) is 5.12. The molecule has 0 fully saturated rings. The van der Waals surface area contributed by atoms with E-state index in [1.807, 2.05) is 11.6 Å². The van der Waals surface area contributed by atoms with Gasteiger partial charge in [0.1, 0.15) is 5.28 Å². The van der Waals surface area contributed by atoms with E-state index in [0.29, 0.717) is 0 Å². The topological polar surface area (TPSA) is 104 Å². The van der Waals surface area contributed by atoms with E-state index in [1.54, 1.807) is 12.1 Å². The molecule has 0 amide bonds. The normalized spacial score (nSPS) is 13.6. The van der Waals surface area contributed by atoms with E-state index in [4.69, 9.17) is 9.79 Å². The number of benzene rings is 1. The summed E-state index contributed by atoms with van der Waals surface area (Å²) in [6.45, 7) is 4.09. The molecule has 0 spiro atoms. The van der Waals surface area contributed by atoms with Crippen molar-refractivity contribution in [1.29, 1.82) is 0 Å². The van der Waals surface area contributed by atoms with Gasteiger partial charge in [-0.15, -0.1) is 0 Å². The lowest BCUT2D eigenvalue weighted by Crippen LogP contribution is -2.42. The van der Waals surface area contributed by atoms with Gasteiger partial charge in [0.2, 0.25) is 10.0 Å². The molecule has 0 aromatic heterocycles. The first kappa shape index (κ1) is 15.3. The highest BCUT2D eigenvalue weighted by Crippen LogP contribution is 2.48. The van der Waals surface area contributed by atoms with Gasteiger partial charge in [-0.3, -0.25) is 4.57 Å². The van der Waals surface area contributed by atoms with Gasteiger partial charge in [-0.2, -0.15) is 4.72 Å². The van der Waals surface area contributed by atoms with Crippen LogP contribution >= 0.6 is 7.60 Å². The lowest BCUT2D eigenvalue weighted by molar-refractivity contribution is 0.329. The molecule has 0 aliphatic rings. The van der Waals surface area contributed by atoms with E-state index >= 15 is 0 Å². The van der Waals surface area contributed by atoms with Crippen molar-refractivity contribution in [3.8, 4) is 0 Å². The number of hydrogen-bond donors (Lipinski definition) is 3. The molecule has 1 rings (SSSR count). The first-order chi connectivity index (χ1) is 7.96. The number of rotatable bonds is 4. The molecule has 0 unspecified atom stereocenters. The van der Waals surface area contributed by atoms with Crippen LogP contribution in [-0.2, 0) is 14.6 Å². The Morgan fingerprint density at radius 2 is 1.61 bits per heavy atom. The fourth-order valence-electron chi connectivity index (χ4n) is 1.16. The van der Waals surface area contributed by atoms with Crippen LogP contribution in [0.4, 0.5) is 0 Å². The largest absolute Gasteiger partial charge is 0.345 e. The molecule has 0 saturated carbocycles. The maximum Gasteiger partial charge on any atom is 0.345 e. The van der Waals surface area contributed by atoms with Gasteiger partial charge in [0.15, 0.2) is 0 Å². The third-order valence-corrected chi connectivity index (χ3v) is 5.83. The van der Waals surface area contributed by atoms with E-state index in [1.165, 1.54) is 12.1 Å². The minimum Gasteiger partial charge on any atom is -0.323 e. The summed E-state index contributed by atoms with van der Waals surface area (Å²) in [6.07, 6.45) is 0. The summed E-state index contributed by atoms with van der Waals surface area (Å²) in [6, 6.07) is 5.99. The van der Waals surface area contributed by atoms with Gasteiger partial charge in [0.25, 0.3) is 0 Å². The minimum atomic E-state index is -4.59. The summed E-state index contributed by atoms with van der Waals surface area (Å²) in [5.74, 6) is 0. The van der Waals surface area contributed by atoms with Gasteiger partial charge >= 0.3 is 7.60 Å². The van der Waals surface area contributed by atoms with E-state index in [2.05, 4.69) is 0 Å². The molecule has 3 N–H and O–H groups in total. The van der Waals surface area contributed by atoms with Crippen LogP contribution in [0.25, 0.3) is 0 Å². The Balaban J connectivity index is 3.11. The average molecular weight is 293 g/mol. The molecule has 102 valence electrons. The zero-order valence-corrected chi connectivity index (χ0v) is 12.0. The van der Waals surface area contributed by atoms with E-state index in [-0.39, 0.29) is 4.90 Å². The van der Waals surface area contributed by atoms with Crippen molar-refractivity contribution in [3.05, 3.63) is 29.8 Å². The molecule has 0 saturated heterocycles. The predicted octanol–water partition coefficient (Wildman–Crippen LogP) is 1.19. The highest BCUT2D eigenvalue weighted by molar-refractivity contribution is 7.89.